The average molecular weight is 223 g/mol. The number of nitrogens with zero attached hydrogens (tertiary/aromatic N) is 1. The quantitative estimate of drug-likeness (QED) is 0.854. The van der Waals surface area contributed by atoms with Crippen LogP contribution in [0.3, 0.4) is 0 Å². The minimum Gasteiger partial charge on any atom is -0.386 e. The number of aromatic nitrogens is 1. The van der Waals surface area contributed by atoms with Gasteiger partial charge in [0.2, 0.25) is 0 Å². The van der Waals surface area contributed by atoms with Crippen molar-refractivity contribution in [3.63, 3.8) is 0 Å². The topological polar surface area (TPSA) is 42.2 Å². The van der Waals surface area contributed by atoms with Gasteiger partial charge in [0, 0.05) is 17.3 Å². The highest BCUT2D eigenvalue weighted by Crippen LogP contribution is 2.18. The second kappa shape index (κ2) is 4.42. The summed E-state index contributed by atoms with van der Waals surface area (Å²) in [6.45, 7) is 9.26. The van der Waals surface area contributed by atoms with Crippen LogP contribution in [0.2, 0.25) is 0 Å². The SMILES string of the molecule is CCC(C)n1c(C)ccc(C(C)(C)O)c1=O. The molecule has 0 radical (unpaired) electrons. The average Bonchev–Trinajstić information content (AvgIpc) is 2.15. The molecule has 0 aliphatic rings. The van der Waals surface area contributed by atoms with Crippen molar-refractivity contribution >= 4 is 0 Å². The summed E-state index contributed by atoms with van der Waals surface area (Å²) in [5.41, 5.74) is 0.229. The molecule has 0 aliphatic heterocycles. The maximum Gasteiger partial charge on any atom is 0.257 e. The Hall–Kier alpha value is -1.09. The molecule has 0 aliphatic carbocycles. The monoisotopic (exact) mass is 223 g/mol. The number of hydrogen-bond acceptors (Lipinski definition) is 2. The van der Waals surface area contributed by atoms with E-state index in [9.17, 15) is 9.90 Å². The molecule has 0 aromatic carbocycles. The zero-order valence-corrected chi connectivity index (χ0v) is 10.7. The van der Waals surface area contributed by atoms with Gasteiger partial charge in [-0.2, -0.15) is 0 Å². The highest BCUT2D eigenvalue weighted by Gasteiger charge is 2.22. The van der Waals surface area contributed by atoms with Gasteiger partial charge in [0.25, 0.3) is 5.56 Å². The second-order valence-electron chi connectivity index (χ2n) is 4.88. The van der Waals surface area contributed by atoms with Crippen molar-refractivity contribution in [2.24, 2.45) is 0 Å². The predicted molar refractivity (Wildman–Crippen MR) is 65.7 cm³/mol. The van der Waals surface area contributed by atoms with Crippen LogP contribution < -0.4 is 5.56 Å². The fourth-order valence-corrected chi connectivity index (χ4v) is 1.84. The van der Waals surface area contributed by atoms with Gasteiger partial charge < -0.3 is 9.67 Å². The van der Waals surface area contributed by atoms with E-state index >= 15 is 0 Å². The first-order chi connectivity index (χ1) is 7.29. The van der Waals surface area contributed by atoms with Crippen molar-refractivity contribution in [2.45, 2.75) is 52.7 Å². The third-order valence-corrected chi connectivity index (χ3v) is 3.01. The van der Waals surface area contributed by atoms with Crippen molar-refractivity contribution in [1.82, 2.24) is 4.57 Å². The fourth-order valence-electron chi connectivity index (χ4n) is 1.84. The summed E-state index contributed by atoms with van der Waals surface area (Å²) in [5, 5.41) is 9.93. The van der Waals surface area contributed by atoms with Gasteiger partial charge in [0.05, 0.1) is 5.60 Å². The van der Waals surface area contributed by atoms with E-state index < -0.39 is 5.60 Å². The van der Waals surface area contributed by atoms with Crippen molar-refractivity contribution in [3.05, 3.63) is 33.7 Å². The van der Waals surface area contributed by atoms with Crippen LogP contribution in [0.5, 0.6) is 0 Å². The maximum absolute atomic E-state index is 12.2. The molecule has 0 spiro atoms. The number of hydrogen-bond donors (Lipinski definition) is 1. The predicted octanol–water partition coefficient (Wildman–Crippen LogP) is 2.36. The summed E-state index contributed by atoms with van der Waals surface area (Å²) >= 11 is 0. The standard InChI is InChI=1S/C13H21NO2/c1-6-9(2)14-10(3)7-8-11(12(14)15)13(4,5)16/h7-9,16H,6H2,1-5H3. The molecule has 1 N–H and O–H groups in total. The van der Waals surface area contributed by atoms with Crippen molar-refractivity contribution < 1.29 is 5.11 Å². The summed E-state index contributed by atoms with van der Waals surface area (Å²) in [5.74, 6) is 0. The van der Waals surface area contributed by atoms with Crippen LogP contribution in [0.15, 0.2) is 16.9 Å². The van der Waals surface area contributed by atoms with Crippen LogP contribution in [0.4, 0.5) is 0 Å². The van der Waals surface area contributed by atoms with Gasteiger partial charge in [0.1, 0.15) is 0 Å². The minimum atomic E-state index is -1.08. The van der Waals surface area contributed by atoms with Crippen LogP contribution in [-0.4, -0.2) is 9.67 Å². The molecule has 0 bridgehead atoms. The maximum atomic E-state index is 12.2. The van der Waals surface area contributed by atoms with E-state index in [4.69, 9.17) is 0 Å². The van der Waals surface area contributed by atoms with Crippen molar-refractivity contribution in [1.29, 1.82) is 0 Å². The second-order valence-corrected chi connectivity index (χ2v) is 4.88. The van der Waals surface area contributed by atoms with Gasteiger partial charge >= 0.3 is 0 Å². The summed E-state index contributed by atoms with van der Waals surface area (Å²) in [6, 6.07) is 3.77. The summed E-state index contributed by atoms with van der Waals surface area (Å²) in [6.07, 6.45) is 0.899. The summed E-state index contributed by atoms with van der Waals surface area (Å²) < 4.78 is 1.76. The molecule has 0 saturated carbocycles. The minimum absolute atomic E-state index is 0.0816. The van der Waals surface area contributed by atoms with E-state index in [0.717, 1.165) is 12.1 Å². The molecular weight excluding hydrogens is 202 g/mol. The first-order valence-corrected chi connectivity index (χ1v) is 5.74. The molecule has 1 aromatic heterocycles. The molecule has 0 amide bonds. The van der Waals surface area contributed by atoms with Gasteiger partial charge in [-0.1, -0.05) is 6.92 Å². The van der Waals surface area contributed by atoms with Crippen molar-refractivity contribution in [3.8, 4) is 0 Å². The molecule has 1 aromatic rings. The Morgan fingerprint density at radius 1 is 1.44 bits per heavy atom. The normalized spacial score (nSPS) is 13.9. The number of aliphatic hydroxyl groups is 1. The van der Waals surface area contributed by atoms with Crippen LogP contribution in [0.1, 0.15) is 51.4 Å². The fraction of sp³-hybridized carbons (Fsp3) is 0.615. The Kier molecular flexibility index (Phi) is 3.58. The third kappa shape index (κ3) is 2.35. The zero-order chi connectivity index (χ0) is 12.5. The van der Waals surface area contributed by atoms with E-state index in [1.165, 1.54) is 0 Å². The lowest BCUT2D eigenvalue weighted by Gasteiger charge is -2.22. The first kappa shape index (κ1) is 13.0. The lowest BCUT2D eigenvalue weighted by molar-refractivity contribution is 0.0762. The first-order valence-electron chi connectivity index (χ1n) is 5.74. The molecule has 0 fully saturated rings. The van der Waals surface area contributed by atoms with Gasteiger partial charge in [0.15, 0.2) is 0 Å². The van der Waals surface area contributed by atoms with E-state index in [1.807, 2.05) is 26.8 Å². The highest BCUT2D eigenvalue weighted by molar-refractivity contribution is 5.21. The van der Waals surface area contributed by atoms with Crippen LogP contribution >= 0.6 is 0 Å². The Balaban J connectivity index is 3.45. The lowest BCUT2D eigenvalue weighted by Crippen LogP contribution is -2.34. The summed E-state index contributed by atoms with van der Waals surface area (Å²) in [4.78, 5) is 12.2. The smallest absolute Gasteiger partial charge is 0.257 e. The van der Waals surface area contributed by atoms with E-state index in [1.54, 1.807) is 24.5 Å². The van der Waals surface area contributed by atoms with E-state index in [0.29, 0.717) is 5.56 Å². The Bertz CT molecular complexity index is 427. The molecular formula is C13H21NO2. The molecule has 1 atom stereocenters. The van der Waals surface area contributed by atoms with Gasteiger partial charge in [-0.05, 0) is 46.2 Å². The van der Waals surface area contributed by atoms with E-state index in [-0.39, 0.29) is 11.6 Å². The largest absolute Gasteiger partial charge is 0.386 e. The Labute approximate surface area is 96.7 Å². The molecule has 3 heteroatoms. The van der Waals surface area contributed by atoms with Crippen LogP contribution in [0.25, 0.3) is 0 Å². The molecule has 1 heterocycles. The van der Waals surface area contributed by atoms with Crippen LogP contribution in [0, 0.1) is 6.92 Å². The van der Waals surface area contributed by atoms with Gasteiger partial charge in [-0.3, -0.25) is 4.79 Å². The number of pyridine rings is 1. The molecule has 0 saturated heterocycles. The molecule has 3 nitrogen and oxygen atoms in total. The molecule has 1 rings (SSSR count). The number of rotatable bonds is 3. The summed E-state index contributed by atoms with van der Waals surface area (Å²) in [7, 11) is 0. The number of aryl methyl sites for hydroxylation is 1. The Morgan fingerprint density at radius 2 is 2.00 bits per heavy atom. The lowest BCUT2D eigenvalue weighted by atomic mass is 9.99. The zero-order valence-electron chi connectivity index (χ0n) is 10.7. The molecule has 16 heavy (non-hydrogen) atoms. The third-order valence-electron chi connectivity index (χ3n) is 3.01. The van der Waals surface area contributed by atoms with Crippen LogP contribution in [-0.2, 0) is 5.60 Å². The Morgan fingerprint density at radius 3 is 2.44 bits per heavy atom. The van der Waals surface area contributed by atoms with E-state index in [2.05, 4.69) is 0 Å². The molecule has 90 valence electrons. The highest BCUT2D eigenvalue weighted by atomic mass is 16.3. The van der Waals surface area contributed by atoms with Crippen molar-refractivity contribution in [2.75, 3.05) is 0 Å². The van der Waals surface area contributed by atoms with Gasteiger partial charge in [-0.25, -0.2) is 0 Å². The molecule has 1 unspecified atom stereocenters. The van der Waals surface area contributed by atoms with Gasteiger partial charge in [-0.15, -0.1) is 0 Å².